The highest BCUT2D eigenvalue weighted by molar-refractivity contribution is 5.84. The Labute approximate surface area is 279 Å². The largest absolute Gasteiger partial charge is 0.462 e. The number of nitrogens with one attached hydrogen (secondary N) is 1. The van der Waals surface area contributed by atoms with Gasteiger partial charge in [0.25, 0.3) is 0 Å². The van der Waals surface area contributed by atoms with E-state index in [1.807, 2.05) is 0 Å². The van der Waals surface area contributed by atoms with Crippen molar-refractivity contribution < 1.29 is 31.9 Å². The van der Waals surface area contributed by atoms with Gasteiger partial charge in [0.2, 0.25) is 11.7 Å². The maximum absolute atomic E-state index is 14.4. The molecule has 5 fully saturated rings. The van der Waals surface area contributed by atoms with Gasteiger partial charge in [-0.2, -0.15) is 13.2 Å². The van der Waals surface area contributed by atoms with Crippen molar-refractivity contribution in [3.05, 3.63) is 35.3 Å². The number of furan rings is 1. The number of esters is 1. The van der Waals surface area contributed by atoms with Crippen LogP contribution in [0.4, 0.5) is 13.2 Å². The number of aryl methyl sites for hydroxylation is 1. The van der Waals surface area contributed by atoms with Crippen LogP contribution < -0.4 is 5.32 Å². The van der Waals surface area contributed by atoms with Crippen LogP contribution in [-0.4, -0.2) is 18.0 Å². The average molecular weight is 660 g/mol. The molecule has 47 heavy (non-hydrogen) atoms. The molecule has 1 amide bonds. The molecule has 0 bridgehead atoms. The number of alkyl halides is 3. The van der Waals surface area contributed by atoms with E-state index in [1.165, 1.54) is 6.92 Å². The number of hydrogen-bond acceptors (Lipinski definition) is 4. The normalized spacial score (nSPS) is 42.4. The second-order valence-corrected chi connectivity index (χ2v) is 17.7. The van der Waals surface area contributed by atoms with E-state index in [-0.39, 0.29) is 63.6 Å². The Balaban J connectivity index is 1.31. The summed E-state index contributed by atoms with van der Waals surface area (Å²) in [5, 5.41) is 3.01. The van der Waals surface area contributed by atoms with E-state index in [0.29, 0.717) is 23.3 Å². The Morgan fingerprint density at radius 3 is 2.28 bits per heavy atom. The van der Waals surface area contributed by atoms with Crippen LogP contribution in [0.5, 0.6) is 0 Å². The quantitative estimate of drug-likeness (QED) is 0.252. The number of fused-ring (bicyclic) bond motifs is 7. The molecule has 4 unspecified atom stereocenters. The highest BCUT2D eigenvalue weighted by Crippen LogP contribution is 2.77. The zero-order chi connectivity index (χ0) is 34.5. The summed E-state index contributed by atoms with van der Waals surface area (Å²) in [6.07, 6.45) is 6.10. The molecule has 0 spiro atoms. The molecule has 5 aliphatic rings. The Morgan fingerprint density at radius 1 is 0.936 bits per heavy atom. The standard InChI is InChI=1S/C39H56F3NO4/c1-22(2)25-12-17-38(33(45)43-20-26-23(3)21-46-32(26)39(40,41)42)19-18-36(8)27(31(25)38)10-11-29-35(7)15-14-30(47-24(4)44)34(5,6)28(35)13-16-37(29,36)9/h21,25,27-31H,1,10-20H2,2-9H3,(H,43,45)/t25?,27-,28?,29?,30+,31?,35+,36-,37-,38+/m1/s1. The van der Waals surface area contributed by atoms with Crippen LogP contribution >= 0.6 is 0 Å². The summed E-state index contributed by atoms with van der Waals surface area (Å²) in [5.41, 5.74) is 1.06. The molecular weight excluding hydrogens is 603 g/mol. The highest BCUT2D eigenvalue weighted by Gasteiger charge is 2.72. The van der Waals surface area contributed by atoms with Crippen molar-refractivity contribution in [2.75, 3.05) is 0 Å². The number of allylic oxidation sites excluding steroid dienone is 1. The molecule has 1 aromatic rings. The fourth-order valence-electron chi connectivity index (χ4n) is 13.2. The molecule has 8 heteroatoms. The molecule has 0 radical (unpaired) electrons. The zero-order valence-electron chi connectivity index (χ0n) is 29.8. The number of hydrogen-bond donors (Lipinski definition) is 1. The summed E-state index contributed by atoms with van der Waals surface area (Å²) in [7, 11) is 0. The second-order valence-electron chi connectivity index (χ2n) is 17.7. The fourth-order valence-corrected chi connectivity index (χ4v) is 13.2. The summed E-state index contributed by atoms with van der Waals surface area (Å²) in [4.78, 5) is 26.4. The van der Waals surface area contributed by atoms with Crippen LogP contribution in [0.25, 0.3) is 0 Å². The monoisotopic (exact) mass is 659 g/mol. The van der Waals surface area contributed by atoms with E-state index >= 15 is 0 Å². The van der Waals surface area contributed by atoms with Crippen molar-refractivity contribution in [2.45, 2.75) is 138 Å². The summed E-state index contributed by atoms with van der Waals surface area (Å²) < 4.78 is 51.9. The Kier molecular flexibility index (Phi) is 8.20. The molecular formula is C39H56F3NO4. The minimum atomic E-state index is -4.61. The molecule has 5 nitrogen and oxygen atoms in total. The molecule has 262 valence electrons. The maximum Gasteiger partial charge on any atom is 0.449 e. The second kappa shape index (κ2) is 11.1. The number of ether oxygens (including phenoxy) is 1. The minimum Gasteiger partial charge on any atom is -0.462 e. The van der Waals surface area contributed by atoms with Crippen molar-refractivity contribution in [2.24, 2.45) is 56.7 Å². The summed E-state index contributed by atoms with van der Waals surface area (Å²) in [6.45, 7) is 21.7. The predicted molar refractivity (Wildman–Crippen MR) is 175 cm³/mol. The molecule has 0 aromatic carbocycles. The van der Waals surface area contributed by atoms with Crippen molar-refractivity contribution in [1.29, 1.82) is 0 Å². The third-order valence-electron chi connectivity index (χ3n) is 15.6. The average Bonchev–Trinajstić information content (AvgIpc) is 3.55. The molecule has 1 heterocycles. The smallest absolute Gasteiger partial charge is 0.449 e. The first-order valence-corrected chi connectivity index (χ1v) is 18.0. The van der Waals surface area contributed by atoms with E-state index in [1.54, 1.807) is 6.92 Å². The number of amides is 1. The van der Waals surface area contributed by atoms with Gasteiger partial charge in [-0.1, -0.05) is 46.8 Å². The zero-order valence-corrected chi connectivity index (χ0v) is 29.8. The van der Waals surface area contributed by atoms with Crippen LogP contribution in [0.15, 0.2) is 22.8 Å². The molecule has 6 rings (SSSR count). The first kappa shape index (κ1) is 34.6. The minimum absolute atomic E-state index is 0.0123. The maximum atomic E-state index is 14.4. The lowest BCUT2D eigenvalue weighted by Crippen LogP contribution is -2.67. The molecule has 5 aliphatic carbocycles. The summed E-state index contributed by atoms with van der Waals surface area (Å²) in [5.74, 6) is 0.343. The fraction of sp³-hybridized carbons (Fsp3) is 0.795. The topological polar surface area (TPSA) is 68.5 Å². The van der Waals surface area contributed by atoms with Gasteiger partial charge in [-0.15, -0.1) is 0 Å². The number of carbonyl (C=O) groups is 2. The van der Waals surface area contributed by atoms with Gasteiger partial charge < -0.3 is 14.5 Å². The number of carbonyl (C=O) groups excluding carboxylic acids is 2. The lowest BCUT2D eigenvalue weighted by atomic mass is 9.32. The van der Waals surface area contributed by atoms with Gasteiger partial charge in [0.05, 0.1) is 11.7 Å². The Hall–Kier alpha value is -2.25. The first-order chi connectivity index (χ1) is 21.7. The SMILES string of the molecule is C=C(C)C1CC[C@]2(C(=O)NCc3c(C)coc3C(F)(F)F)CC[C@]3(C)[C@H](CCC4[C@@]5(C)CC[C@H](OC(C)=O)C(C)(C)C5CC[C@]43C)C12. The molecule has 1 aromatic heterocycles. The summed E-state index contributed by atoms with van der Waals surface area (Å²) in [6, 6.07) is 0. The highest BCUT2D eigenvalue weighted by atomic mass is 19.4. The van der Waals surface area contributed by atoms with Crippen LogP contribution in [0.1, 0.15) is 130 Å². The van der Waals surface area contributed by atoms with Crippen LogP contribution in [0.2, 0.25) is 0 Å². The van der Waals surface area contributed by atoms with E-state index in [2.05, 4.69) is 53.4 Å². The van der Waals surface area contributed by atoms with Crippen molar-refractivity contribution in [1.82, 2.24) is 5.32 Å². The van der Waals surface area contributed by atoms with E-state index in [9.17, 15) is 22.8 Å². The molecule has 0 aliphatic heterocycles. The van der Waals surface area contributed by atoms with Crippen LogP contribution in [-0.2, 0) is 27.0 Å². The third kappa shape index (κ3) is 4.90. The number of rotatable bonds is 5. The molecule has 0 saturated heterocycles. The van der Waals surface area contributed by atoms with Gasteiger partial charge in [-0.05, 0) is 129 Å². The van der Waals surface area contributed by atoms with Crippen molar-refractivity contribution in [3.63, 3.8) is 0 Å². The van der Waals surface area contributed by atoms with Gasteiger partial charge in [-0.25, -0.2) is 0 Å². The van der Waals surface area contributed by atoms with E-state index in [4.69, 9.17) is 9.15 Å². The van der Waals surface area contributed by atoms with Gasteiger partial charge in [0, 0.05) is 24.4 Å². The lowest BCUT2D eigenvalue weighted by molar-refractivity contribution is -0.248. The van der Waals surface area contributed by atoms with Crippen molar-refractivity contribution >= 4 is 11.9 Å². The number of halogens is 3. The third-order valence-corrected chi connectivity index (χ3v) is 15.6. The molecule has 1 N–H and O–H groups in total. The molecule has 5 saturated carbocycles. The van der Waals surface area contributed by atoms with Gasteiger partial charge >= 0.3 is 12.1 Å². The summed E-state index contributed by atoms with van der Waals surface area (Å²) >= 11 is 0. The Bertz CT molecular complexity index is 1450. The molecule has 10 atom stereocenters. The Morgan fingerprint density at radius 2 is 1.64 bits per heavy atom. The van der Waals surface area contributed by atoms with Crippen LogP contribution in [0.3, 0.4) is 0 Å². The van der Waals surface area contributed by atoms with Crippen LogP contribution in [0, 0.1) is 63.6 Å². The van der Waals surface area contributed by atoms with E-state index in [0.717, 1.165) is 76.0 Å². The van der Waals surface area contributed by atoms with Crippen molar-refractivity contribution in [3.8, 4) is 0 Å². The predicted octanol–water partition coefficient (Wildman–Crippen LogP) is 9.81. The van der Waals surface area contributed by atoms with Gasteiger partial charge in [0.15, 0.2) is 0 Å². The first-order valence-electron chi connectivity index (χ1n) is 18.0. The van der Waals surface area contributed by atoms with Gasteiger partial charge in [0.1, 0.15) is 6.10 Å². The van der Waals surface area contributed by atoms with E-state index < -0.39 is 17.4 Å². The van der Waals surface area contributed by atoms with Gasteiger partial charge in [-0.3, -0.25) is 9.59 Å². The lowest BCUT2D eigenvalue weighted by Gasteiger charge is -2.72.